The Balaban J connectivity index is 0.000000224. The third-order valence-electron chi connectivity index (χ3n) is 2.62. The van der Waals surface area contributed by atoms with E-state index in [0.29, 0.717) is 0 Å². The van der Waals surface area contributed by atoms with Crippen LogP contribution in [0.15, 0.2) is 85.2 Å². The molecule has 2 aromatic rings. The monoisotopic (exact) mass is 268 g/mol. The van der Waals surface area contributed by atoms with E-state index in [0.717, 1.165) is 0 Å². The number of hydrogen-bond acceptors (Lipinski definition) is 1. The second-order valence-corrected chi connectivity index (χ2v) is 6.25. The second-order valence-electron chi connectivity index (χ2n) is 3.90. The lowest BCUT2D eigenvalue weighted by atomic mass is 10.1. The van der Waals surface area contributed by atoms with Crippen LogP contribution in [0.2, 0.25) is 0 Å². The molecule has 19 heavy (non-hydrogen) atoms. The topological polar surface area (TPSA) is 9.23 Å². The van der Waals surface area contributed by atoms with Crippen molar-refractivity contribution < 1.29 is 4.43 Å². The van der Waals surface area contributed by atoms with Crippen molar-refractivity contribution in [3.8, 4) is 11.1 Å². The van der Waals surface area contributed by atoms with E-state index in [2.05, 4.69) is 61.7 Å². The summed E-state index contributed by atoms with van der Waals surface area (Å²) in [5.74, 6) is 0. The first-order valence-electron chi connectivity index (χ1n) is 6.20. The highest BCUT2D eigenvalue weighted by Gasteiger charge is 1.93. The minimum Gasteiger partial charge on any atom is -0.415 e. The van der Waals surface area contributed by atoms with Crippen molar-refractivity contribution in [3.63, 3.8) is 0 Å². The molecule has 0 aliphatic rings. The van der Waals surface area contributed by atoms with Gasteiger partial charge in [-0.2, -0.15) is 0 Å². The van der Waals surface area contributed by atoms with Crippen LogP contribution in [0.1, 0.15) is 0 Å². The van der Waals surface area contributed by atoms with E-state index in [1.165, 1.54) is 11.1 Å². The molecule has 0 amide bonds. The van der Waals surface area contributed by atoms with Gasteiger partial charge in [-0.1, -0.05) is 72.1 Å². The summed E-state index contributed by atoms with van der Waals surface area (Å²) in [5.41, 5.74) is 6.20. The van der Waals surface area contributed by atoms with Crippen LogP contribution in [0.3, 0.4) is 0 Å². The summed E-state index contributed by atoms with van der Waals surface area (Å²) < 4.78 is 4.95. The van der Waals surface area contributed by atoms with Gasteiger partial charge in [0.15, 0.2) is 0 Å². The zero-order valence-corrected chi connectivity index (χ0v) is 12.5. The third-order valence-corrected chi connectivity index (χ3v) is 4.09. The van der Waals surface area contributed by atoms with Crippen molar-refractivity contribution in [1.29, 1.82) is 0 Å². The minimum absolute atomic E-state index is 1.14. The molecule has 0 N–H and O–H groups in total. The molecule has 0 unspecified atom stereocenters. The van der Waals surface area contributed by atoms with Gasteiger partial charge in [-0.05, 0) is 11.1 Å². The van der Waals surface area contributed by atoms with Crippen molar-refractivity contribution in [2.24, 2.45) is 0 Å². The molecular weight excluding hydrogens is 248 g/mol. The molecule has 0 bridgehead atoms. The van der Waals surface area contributed by atoms with Crippen molar-refractivity contribution in [3.05, 3.63) is 85.2 Å². The van der Waals surface area contributed by atoms with E-state index in [1.54, 1.807) is 7.11 Å². The third kappa shape index (κ3) is 5.51. The summed E-state index contributed by atoms with van der Waals surface area (Å²) in [6.45, 7) is 7.14. The maximum atomic E-state index is 4.95. The smallest absolute Gasteiger partial charge is 0.223 e. The van der Waals surface area contributed by atoms with Crippen LogP contribution in [0, 0.1) is 0 Å². The number of rotatable bonds is 4. The molecule has 0 fully saturated rings. The van der Waals surface area contributed by atoms with Gasteiger partial charge in [0.05, 0.1) is 0 Å². The summed E-state index contributed by atoms with van der Waals surface area (Å²) in [4.78, 5) is 0. The maximum Gasteiger partial charge on any atom is 0.223 e. The van der Waals surface area contributed by atoms with Gasteiger partial charge in [-0.15, -0.1) is 13.2 Å². The molecule has 0 aliphatic heterocycles. The quantitative estimate of drug-likeness (QED) is 0.757. The van der Waals surface area contributed by atoms with Crippen molar-refractivity contribution in [2.45, 2.75) is 0 Å². The molecule has 2 aromatic carbocycles. The van der Waals surface area contributed by atoms with Crippen LogP contribution in [0.25, 0.3) is 11.1 Å². The summed E-state index contributed by atoms with van der Waals surface area (Å²) >= 11 is 0. The molecule has 1 nitrogen and oxygen atoms in total. The molecule has 98 valence electrons. The van der Waals surface area contributed by atoms with E-state index < -0.39 is 9.04 Å². The zero-order chi connectivity index (χ0) is 13.9. The van der Waals surface area contributed by atoms with Gasteiger partial charge in [-0.25, -0.2) is 0 Å². The molecule has 2 heteroatoms. The van der Waals surface area contributed by atoms with Gasteiger partial charge in [0.25, 0.3) is 0 Å². The fourth-order valence-electron chi connectivity index (χ4n) is 1.55. The van der Waals surface area contributed by atoms with Gasteiger partial charge in [-0.3, -0.25) is 0 Å². The summed E-state index contributed by atoms with van der Waals surface area (Å²) in [6, 6.07) is 20.8. The Kier molecular flexibility index (Phi) is 7.25. The predicted molar refractivity (Wildman–Crippen MR) is 86.4 cm³/mol. The Bertz CT molecular complexity index is 434. The van der Waals surface area contributed by atoms with Crippen molar-refractivity contribution in [2.75, 3.05) is 7.11 Å². The predicted octanol–water partition coefficient (Wildman–Crippen LogP) is 4.16. The Morgan fingerprint density at radius 1 is 0.789 bits per heavy atom. The number of benzene rings is 2. The van der Waals surface area contributed by atoms with Crippen LogP contribution < -0.4 is 0 Å². The Morgan fingerprint density at radius 3 is 1.37 bits per heavy atom. The Hall–Kier alpha value is -1.90. The highest BCUT2D eigenvalue weighted by atomic mass is 28.3. The van der Waals surface area contributed by atoms with Crippen molar-refractivity contribution >= 4 is 9.04 Å². The van der Waals surface area contributed by atoms with Crippen LogP contribution in [-0.4, -0.2) is 16.2 Å². The molecular formula is C17H20OSi. The molecule has 0 saturated carbocycles. The fraction of sp³-hybridized carbons (Fsp3) is 0.0588. The number of hydrogen-bond donors (Lipinski definition) is 0. The van der Waals surface area contributed by atoms with Gasteiger partial charge in [0.2, 0.25) is 9.04 Å². The molecule has 2 rings (SSSR count). The maximum absolute atomic E-state index is 4.95. The first-order chi connectivity index (χ1) is 9.31. The van der Waals surface area contributed by atoms with E-state index in [1.807, 2.05) is 23.5 Å². The molecule has 0 saturated heterocycles. The lowest BCUT2D eigenvalue weighted by Gasteiger charge is -1.98. The largest absolute Gasteiger partial charge is 0.415 e. The second kappa shape index (κ2) is 9.08. The Labute approximate surface area is 117 Å². The fourth-order valence-corrected chi connectivity index (χ4v) is 2.13. The van der Waals surface area contributed by atoms with Gasteiger partial charge >= 0.3 is 0 Å². The molecule has 0 aromatic heterocycles. The first-order valence-corrected chi connectivity index (χ1v) is 8.00. The summed E-state index contributed by atoms with van der Waals surface area (Å²) in [5, 5.41) is 0. The van der Waals surface area contributed by atoms with Crippen LogP contribution in [0.4, 0.5) is 0 Å². The average molecular weight is 268 g/mol. The van der Waals surface area contributed by atoms with E-state index in [9.17, 15) is 0 Å². The van der Waals surface area contributed by atoms with E-state index in [-0.39, 0.29) is 0 Å². The molecule has 0 aliphatic carbocycles. The minimum atomic E-state index is -1.14. The highest BCUT2D eigenvalue weighted by Crippen LogP contribution is 2.17. The van der Waals surface area contributed by atoms with Crippen LogP contribution >= 0.6 is 0 Å². The Morgan fingerprint density at radius 2 is 1.16 bits per heavy atom. The lowest BCUT2D eigenvalue weighted by molar-refractivity contribution is 0.437. The zero-order valence-electron chi connectivity index (χ0n) is 11.3. The molecule has 0 atom stereocenters. The first kappa shape index (κ1) is 15.2. The summed E-state index contributed by atoms with van der Waals surface area (Å²) in [7, 11) is 0.537. The normalized spacial score (nSPS) is 9.37. The molecule has 0 spiro atoms. The van der Waals surface area contributed by atoms with Crippen molar-refractivity contribution in [1.82, 2.24) is 0 Å². The average Bonchev–Trinajstić information content (AvgIpc) is 2.51. The molecule has 0 heterocycles. The van der Waals surface area contributed by atoms with E-state index >= 15 is 0 Å². The van der Waals surface area contributed by atoms with Gasteiger partial charge < -0.3 is 4.43 Å². The van der Waals surface area contributed by atoms with Crippen LogP contribution in [-0.2, 0) is 4.43 Å². The lowest BCUT2D eigenvalue weighted by Crippen LogP contribution is -2.07. The highest BCUT2D eigenvalue weighted by molar-refractivity contribution is 6.62. The van der Waals surface area contributed by atoms with Gasteiger partial charge in [0, 0.05) is 7.11 Å². The molecule has 0 radical (unpaired) electrons. The SMILES string of the molecule is C=C[SiH](C=C)OC.c1ccc(-c2ccccc2)cc1. The standard InChI is InChI=1S/C12H10.C5H10OSi/c1-3-7-11(8-4-1)12-9-5-2-6-10-12;1-4-7(5-2)6-3/h1-10H;4-5,7H,1-2H2,3H3. The van der Waals surface area contributed by atoms with Crippen LogP contribution in [0.5, 0.6) is 0 Å². The van der Waals surface area contributed by atoms with Gasteiger partial charge in [0.1, 0.15) is 0 Å². The van der Waals surface area contributed by atoms with E-state index in [4.69, 9.17) is 4.43 Å². The summed E-state index contributed by atoms with van der Waals surface area (Å²) in [6.07, 6.45) is 0.